The Labute approximate surface area is 175 Å². The first kappa shape index (κ1) is 19.6. The van der Waals surface area contributed by atoms with Gasteiger partial charge in [0.2, 0.25) is 0 Å². The number of nitrogens with one attached hydrogen (secondary N) is 2. The van der Waals surface area contributed by atoms with Crippen LogP contribution in [0.25, 0.3) is 0 Å². The minimum Gasteiger partial charge on any atom is -0.381 e. The average molecular weight is 407 g/mol. The number of anilines is 2. The van der Waals surface area contributed by atoms with E-state index < -0.39 is 0 Å². The van der Waals surface area contributed by atoms with Crippen molar-refractivity contribution in [1.82, 2.24) is 9.88 Å². The SMILES string of the molecule is CCc1ccccc1NCc1cccc(C(=O)Nc2nc3c(s2)CN(C)CC3)c1. The van der Waals surface area contributed by atoms with Crippen LogP contribution in [0.1, 0.15) is 39.0 Å². The van der Waals surface area contributed by atoms with Crippen molar-refractivity contribution in [3.8, 4) is 0 Å². The van der Waals surface area contributed by atoms with Crippen LogP contribution in [0.4, 0.5) is 10.8 Å². The largest absolute Gasteiger partial charge is 0.381 e. The Bertz CT molecular complexity index is 1010. The molecule has 5 nitrogen and oxygen atoms in total. The van der Waals surface area contributed by atoms with Gasteiger partial charge in [0, 0.05) is 42.2 Å². The number of carbonyl (C=O) groups excluding carboxylic acids is 1. The highest BCUT2D eigenvalue weighted by molar-refractivity contribution is 7.15. The quantitative estimate of drug-likeness (QED) is 0.630. The zero-order valence-corrected chi connectivity index (χ0v) is 17.7. The predicted molar refractivity (Wildman–Crippen MR) is 120 cm³/mol. The molecule has 1 aromatic heterocycles. The Hall–Kier alpha value is -2.70. The van der Waals surface area contributed by atoms with Crippen molar-refractivity contribution < 1.29 is 4.79 Å². The molecule has 0 fully saturated rings. The molecule has 0 unspecified atom stereocenters. The Kier molecular flexibility index (Phi) is 5.92. The van der Waals surface area contributed by atoms with Gasteiger partial charge in [-0.3, -0.25) is 10.1 Å². The Balaban J connectivity index is 1.42. The van der Waals surface area contributed by atoms with Crippen LogP contribution >= 0.6 is 11.3 Å². The topological polar surface area (TPSA) is 57.3 Å². The molecule has 3 aromatic rings. The highest BCUT2D eigenvalue weighted by Gasteiger charge is 2.19. The van der Waals surface area contributed by atoms with Crippen LogP contribution in [-0.4, -0.2) is 29.4 Å². The number of rotatable bonds is 6. The van der Waals surface area contributed by atoms with E-state index in [0.717, 1.165) is 42.9 Å². The van der Waals surface area contributed by atoms with Gasteiger partial charge in [0.1, 0.15) is 0 Å². The van der Waals surface area contributed by atoms with Gasteiger partial charge in [0.05, 0.1) is 5.69 Å². The summed E-state index contributed by atoms with van der Waals surface area (Å²) in [5.41, 5.74) is 5.28. The highest BCUT2D eigenvalue weighted by Crippen LogP contribution is 2.28. The molecule has 0 radical (unpaired) electrons. The Morgan fingerprint density at radius 1 is 1.21 bits per heavy atom. The second-order valence-electron chi connectivity index (χ2n) is 7.40. The molecular weight excluding hydrogens is 380 g/mol. The van der Waals surface area contributed by atoms with Crippen molar-refractivity contribution in [3.05, 3.63) is 75.8 Å². The van der Waals surface area contributed by atoms with E-state index in [4.69, 9.17) is 0 Å². The lowest BCUT2D eigenvalue weighted by Crippen LogP contribution is -2.25. The number of hydrogen-bond acceptors (Lipinski definition) is 5. The van der Waals surface area contributed by atoms with Crippen LogP contribution in [0, 0.1) is 0 Å². The lowest BCUT2D eigenvalue weighted by atomic mass is 10.1. The summed E-state index contributed by atoms with van der Waals surface area (Å²) in [4.78, 5) is 20.9. The molecule has 29 heavy (non-hydrogen) atoms. The molecule has 2 N–H and O–H groups in total. The molecule has 0 saturated heterocycles. The van der Waals surface area contributed by atoms with Crippen LogP contribution in [0.2, 0.25) is 0 Å². The number of thiazole rings is 1. The molecule has 0 spiro atoms. The zero-order chi connectivity index (χ0) is 20.2. The number of benzene rings is 2. The molecule has 4 rings (SSSR count). The van der Waals surface area contributed by atoms with Crippen LogP contribution in [0.3, 0.4) is 0 Å². The minimum atomic E-state index is -0.111. The van der Waals surface area contributed by atoms with Crippen molar-refractivity contribution in [1.29, 1.82) is 0 Å². The van der Waals surface area contributed by atoms with Gasteiger partial charge in [0.15, 0.2) is 5.13 Å². The summed E-state index contributed by atoms with van der Waals surface area (Å²) in [5.74, 6) is -0.111. The lowest BCUT2D eigenvalue weighted by molar-refractivity contribution is 0.102. The van der Waals surface area contributed by atoms with E-state index in [0.29, 0.717) is 17.2 Å². The lowest BCUT2D eigenvalue weighted by Gasteiger charge is -2.20. The second-order valence-corrected chi connectivity index (χ2v) is 8.48. The Morgan fingerprint density at radius 3 is 2.93 bits per heavy atom. The van der Waals surface area contributed by atoms with Crippen LogP contribution < -0.4 is 10.6 Å². The van der Waals surface area contributed by atoms with Crippen molar-refractivity contribution in [2.45, 2.75) is 32.9 Å². The summed E-state index contributed by atoms with van der Waals surface area (Å²) in [6.45, 7) is 4.75. The average Bonchev–Trinajstić information content (AvgIpc) is 3.13. The van der Waals surface area contributed by atoms with E-state index >= 15 is 0 Å². The third kappa shape index (κ3) is 4.66. The van der Waals surface area contributed by atoms with Gasteiger partial charge in [-0.1, -0.05) is 37.3 Å². The molecule has 0 bridgehead atoms. The van der Waals surface area contributed by atoms with Gasteiger partial charge in [-0.05, 0) is 42.8 Å². The number of fused-ring (bicyclic) bond motifs is 1. The number of hydrogen-bond donors (Lipinski definition) is 2. The molecule has 1 aliphatic rings. The molecule has 150 valence electrons. The van der Waals surface area contributed by atoms with Crippen molar-refractivity contribution in [3.63, 3.8) is 0 Å². The van der Waals surface area contributed by atoms with E-state index in [2.05, 4.69) is 52.7 Å². The second kappa shape index (κ2) is 8.76. The number of likely N-dealkylation sites (N-methyl/N-ethyl adjacent to an activating group) is 1. The number of amides is 1. The number of aryl methyl sites for hydroxylation is 1. The number of carbonyl (C=O) groups is 1. The van der Waals surface area contributed by atoms with E-state index in [1.165, 1.54) is 10.4 Å². The van der Waals surface area contributed by atoms with Gasteiger partial charge >= 0.3 is 0 Å². The third-order valence-electron chi connectivity index (χ3n) is 5.21. The van der Waals surface area contributed by atoms with Crippen LogP contribution in [0.5, 0.6) is 0 Å². The predicted octanol–water partition coefficient (Wildman–Crippen LogP) is 4.56. The third-order valence-corrected chi connectivity index (χ3v) is 6.21. The fraction of sp³-hybridized carbons (Fsp3) is 0.304. The van der Waals surface area contributed by atoms with Gasteiger partial charge in [-0.2, -0.15) is 0 Å². The Morgan fingerprint density at radius 2 is 2.07 bits per heavy atom. The normalized spacial score (nSPS) is 13.7. The molecule has 6 heteroatoms. The van der Waals surface area contributed by atoms with Crippen molar-refractivity contribution >= 4 is 28.1 Å². The fourth-order valence-corrected chi connectivity index (χ4v) is 4.65. The van der Waals surface area contributed by atoms with Gasteiger partial charge < -0.3 is 10.2 Å². The summed E-state index contributed by atoms with van der Waals surface area (Å²) in [7, 11) is 2.11. The fourth-order valence-electron chi connectivity index (χ4n) is 3.57. The minimum absolute atomic E-state index is 0.111. The number of para-hydroxylation sites is 1. The molecule has 2 heterocycles. The van der Waals surface area contributed by atoms with Gasteiger partial charge in [-0.25, -0.2) is 4.98 Å². The summed E-state index contributed by atoms with van der Waals surface area (Å²) >= 11 is 1.58. The number of aromatic nitrogens is 1. The first-order chi connectivity index (χ1) is 14.1. The smallest absolute Gasteiger partial charge is 0.257 e. The van der Waals surface area contributed by atoms with Gasteiger partial charge in [-0.15, -0.1) is 11.3 Å². The van der Waals surface area contributed by atoms with Crippen LogP contribution in [0.15, 0.2) is 48.5 Å². The molecule has 0 atom stereocenters. The molecule has 0 saturated carbocycles. The molecule has 0 aliphatic carbocycles. The van der Waals surface area contributed by atoms with Crippen molar-refractivity contribution in [2.24, 2.45) is 0 Å². The highest BCUT2D eigenvalue weighted by atomic mass is 32.1. The van der Waals surface area contributed by atoms with Crippen LogP contribution in [-0.2, 0) is 25.9 Å². The maximum Gasteiger partial charge on any atom is 0.257 e. The summed E-state index contributed by atoms with van der Waals surface area (Å²) < 4.78 is 0. The zero-order valence-electron chi connectivity index (χ0n) is 16.9. The standard InChI is InChI=1S/C23H26N4OS/c1-3-17-8-4-5-10-19(17)24-14-16-7-6-9-18(13-16)22(28)26-23-25-20-11-12-27(2)15-21(20)29-23/h4-10,13,24H,3,11-12,14-15H2,1-2H3,(H,25,26,28). The summed E-state index contributed by atoms with van der Waals surface area (Å²) in [5, 5.41) is 7.16. The summed E-state index contributed by atoms with van der Waals surface area (Å²) in [6, 6.07) is 16.1. The van der Waals surface area contributed by atoms with E-state index in [1.54, 1.807) is 11.3 Å². The molecule has 1 amide bonds. The first-order valence-corrected chi connectivity index (χ1v) is 10.8. The first-order valence-electron chi connectivity index (χ1n) is 10.0. The monoisotopic (exact) mass is 406 g/mol. The summed E-state index contributed by atoms with van der Waals surface area (Å²) in [6.07, 6.45) is 1.93. The molecule has 1 aliphatic heterocycles. The van der Waals surface area contributed by atoms with E-state index in [-0.39, 0.29) is 5.91 Å². The maximum absolute atomic E-state index is 12.7. The molecular formula is C23H26N4OS. The molecule has 2 aromatic carbocycles. The van der Waals surface area contributed by atoms with E-state index in [9.17, 15) is 4.79 Å². The van der Waals surface area contributed by atoms with E-state index in [1.807, 2.05) is 30.3 Å². The van der Waals surface area contributed by atoms with Gasteiger partial charge in [0.25, 0.3) is 5.91 Å². The number of nitrogens with zero attached hydrogens (tertiary/aromatic N) is 2. The maximum atomic E-state index is 12.7. The van der Waals surface area contributed by atoms with Crippen molar-refractivity contribution in [2.75, 3.05) is 24.2 Å².